The standard InChI is InChI=1S/C19H18ClN3O2/c1-11-6-15(23-10-14(20)9-22-23)7-12(2)17(11)18-16(24)8-13(4-5-21)19(18)25-3/h6-7,9-10,13H,4,8H2,1-3H3. The fraction of sp³-hybridized carbons (Fsp3) is 0.316. The van der Waals surface area contributed by atoms with Gasteiger partial charge >= 0.3 is 0 Å². The Kier molecular flexibility index (Phi) is 4.65. The number of nitriles is 1. The quantitative estimate of drug-likeness (QED) is 0.831. The van der Waals surface area contributed by atoms with E-state index >= 15 is 0 Å². The summed E-state index contributed by atoms with van der Waals surface area (Å²) in [7, 11) is 1.56. The third-order valence-electron chi connectivity index (χ3n) is 4.47. The van der Waals surface area contributed by atoms with E-state index < -0.39 is 0 Å². The van der Waals surface area contributed by atoms with E-state index in [1.165, 1.54) is 0 Å². The van der Waals surface area contributed by atoms with Crippen LogP contribution in [0.2, 0.25) is 5.02 Å². The summed E-state index contributed by atoms with van der Waals surface area (Å²) in [6, 6.07) is 6.08. The molecule has 0 saturated heterocycles. The maximum absolute atomic E-state index is 12.6. The van der Waals surface area contributed by atoms with Crippen LogP contribution in [-0.4, -0.2) is 22.7 Å². The van der Waals surface area contributed by atoms with Gasteiger partial charge in [0.2, 0.25) is 0 Å². The van der Waals surface area contributed by atoms with Gasteiger partial charge in [-0.2, -0.15) is 10.4 Å². The second kappa shape index (κ2) is 6.73. The summed E-state index contributed by atoms with van der Waals surface area (Å²) in [5.41, 5.74) is 4.27. The third-order valence-corrected chi connectivity index (χ3v) is 4.66. The van der Waals surface area contributed by atoms with Crippen molar-refractivity contribution in [2.24, 2.45) is 5.92 Å². The van der Waals surface area contributed by atoms with Crippen molar-refractivity contribution in [1.29, 1.82) is 5.26 Å². The molecule has 0 N–H and O–H groups in total. The van der Waals surface area contributed by atoms with Gasteiger partial charge in [-0.25, -0.2) is 4.68 Å². The van der Waals surface area contributed by atoms with Crippen LogP contribution in [0.5, 0.6) is 0 Å². The fourth-order valence-electron chi connectivity index (χ4n) is 3.48. The van der Waals surface area contributed by atoms with Gasteiger partial charge in [0.05, 0.1) is 35.7 Å². The molecular formula is C19H18ClN3O2. The van der Waals surface area contributed by atoms with E-state index in [1.807, 2.05) is 26.0 Å². The Labute approximate surface area is 151 Å². The number of aromatic nitrogens is 2. The van der Waals surface area contributed by atoms with Crippen molar-refractivity contribution in [3.05, 3.63) is 52.0 Å². The molecular weight excluding hydrogens is 338 g/mol. The molecule has 0 saturated carbocycles. The average Bonchev–Trinajstić information content (AvgIpc) is 3.11. The zero-order valence-electron chi connectivity index (χ0n) is 14.3. The molecule has 0 amide bonds. The Bertz CT molecular complexity index is 898. The van der Waals surface area contributed by atoms with Crippen LogP contribution in [0.1, 0.15) is 29.5 Å². The zero-order valence-corrected chi connectivity index (χ0v) is 15.1. The maximum Gasteiger partial charge on any atom is 0.167 e. The van der Waals surface area contributed by atoms with Gasteiger partial charge in [-0.05, 0) is 42.7 Å². The van der Waals surface area contributed by atoms with E-state index in [1.54, 1.807) is 24.2 Å². The number of benzene rings is 1. The van der Waals surface area contributed by atoms with Crippen LogP contribution in [0.15, 0.2) is 30.3 Å². The van der Waals surface area contributed by atoms with Crippen molar-refractivity contribution in [2.75, 3.05) is 7.11 Å². The van der Waals surface area contributed by atoms with Crippen LogP contribution in [0.25, 0.3) is 11.3 Å². The lowest BCUT2D eigenvalue weighted by Gasteiger charge is -2.15. The molecule has 0 radical (unpaired) electrons. The van der Waals surface area contributed by atoms with Crippen molar-refractivity contribution >= 4 is 23.0 Å². The van der Waals surface area contributed by atoms with E-state index in [0.717, 1.165) is 22.4 Å². The monoisotopic (exact) mass is 355 g/mol. The summed E-state index contributed by atoms with van der Waals surface area (Å²) in [5, 5.41) is 13.8. The molecule has 5 nitrogen and oxygen atoms in total. The number of rotatable bonds is 4. The molecule has 0 bridgehead atoms. The predicted octanol–water partition coefficient (Wildman–Crippen LogP) is 4.00. The molecule has 1 heterocycles. The lowest BCUT2D eigenvalue weighted by Crippen LogP contribution is -2.04. The summed E-state index contributed by atoms with van der Waals surface area (Å²) in [4.78, 5) is 12.6. The molecule has 25 heavy (non-hydrogen) atoms. The molecule has 1 unspecified atom stereocenters. The number of halogens is 1. The first-order valence-electron chi connectivity index (χ1n) is 7.96. The van der Waals surface area contributed by atoms with Gasteiger partial charge < -0.3 is 4.74 Å². The number of ether oxygens (including phenoxy) is 1. The number of allylic oxidation sites excluding steroid dienone is 2. The van der Waals surface area contributed by atoms with Gasteiger partial charge in [-0.3, -0.25) is 4.79 Å². The van der Waals surface area contributed by atoms with Gasteiger partial charge in [0.1, 0.15) is 5.76 Å². The molecule has 1 atom stereocenters. The molecule has 1 aromatic heterocycles. The summed E-state index contributed by atoms with van der Waals surface area (Å²) in [6.45, 7) is 3.92. The highest BCUT2D eigenvalue weighted by molar-refractivity contribution is 6.30. The van der Waals surface area contributed by atoms with E-state index in [2.05, 4.69) is 11.2 Å². The molecule has 0 fully saturated rings. The lowest BCUT2D eigenvalue weighted by molar-refractivity contribution is -0.113. The number of hydrogen-bond donors (Lipinski definition) is 0. The van der Waals surface area contributed by atoms with Crippen molar-refractivity contribution in [3.8, 4) is 11.8 Å². The summed E-state index contributed by atoms with van der Waals surface area (Å²) >= 11 is 5.95. The number of ketones is 1. The summed E-state index contributed by atoms with van der Waals surface area (Å²) < 4.78 is 7.22. The Morgan fingerprint density at radius 1 is 1.40 bits per heavy atom. The van der Waals surface area contributed by atoms with Gasteiger partial charge in [-0.15, -0.1) is 0 Å². The first kappa shape index (κ1) is 17.2. The van der Waals surface area contributed by atoms with Gasteiger partial charge in [0, 0.05) is 25.0 Å². The number of nitrogens with zero attached hydrogens (tertiary/aromatic N) is 3. The molecule has 0 spiro atoms. The van der Waals surface area contributed by atoms with E-state index in [-0.39, 0.29) is 18.1 Å². The molecule has 0 aliphatic heterocycles. The van der Waals surface area contributed by atoms with Crippen LogP contribution in [-0.2, 0) is 9.53 Å². The summed E-state index contributed by atoms with van der Waals surface area (Å²) in [5.74, 6) is 0.478. The minimum absolute atomic E-state index is 0.0261. The topological polar surface area (TPSA) is 67.9 Å². The Morgan fingerprint density at radius 2 is 2.08 bits per heavy atom. The van der Waals surface area contributed by atoms with Crippen LogP contribution in [0.4, 0.5) is 0 Å². The first-order valence-corrected chi connectivity index (χ1v) is 8.34. The molecule has 1 aliphatic rings. The minimum atomic E-state index is -0.166. The SMILES string of the molecule is COC1=C(c2c(C)cc(-n3cc(Cl)cn3)cc2C)C(=O)CC1CC#N. The predicted molar refractivity (Wildman–Crippen MR) is 95.3 cm³/mol. The van der Waals surface area contributed by atoms with Gasteiger partial charge in [0.15, 0.2) is 5.78 Å². The number of methoxy groups -OCH3 is 1. The Balaban J connectivity index is 2.13. The van der Waals surface area contributed by atoms with Crippen molar-refractivity contribution in [2.45, 2.75) is 26.7 Å². The van der Waals surface area contributed by atoms with Crippen LogP contribution < -0.4 is 0 Å². The van der Waals surface area contributed by atoms with Crippen molar-refractivity contribution in [1.82, 2.24) is 9.78 Å². The van der Waals surface area contributed by atoms with Crippen LogP contribution in [0.3, 0.4) is 0 Å². The number of Topliss-reactive ketones (excluding diaryl/α,β-unsaturated/α-hetero) is 1. The second-order valence-electron chi connectivity index (χ2n) is 6.19. The van der Waals surface area contributed by atoms with Crippen molar-refractivity contribution < 1.29 is 9.53 Å². The van der Waals surface area contributed by atoms with E-state index in [0.29, 0.717) is 22.8 Å². The zero-order chi connectivity index (χ0) is 18.1. The maximum atomic E-state index is 12.6. The largest absolute Gasteiger partial charge is 0.500 e. The fourth-order valence-corrected chi connectivity index (χ4v) is 3.61. The van der Waals surface area contributed by atoms with E-state index in [4.69, 9.17) is 21.6 Å². The third kappa shape index (κ3) is 3.06. The van der Waals surface area contributed by atoms with Gasteiger partial charge in [-0.1, -0.05) is 11.6 Å². The molecule has 128 valence electrons. The molecule has 1 aromatic carbocycles. The molecule has 2 aromatic rings. The van der Waals surface area contributed by atoms with E-state index in [9.17, 15) is 4.79 Å². The molecule has 1 aliphatic carbocycles. The van der Waals surface area contributed by atoms with Crippen LogP contribution in [0, 0.1) is 31.1 Å². The Morgan fingerprint density at radius 3 is 2.60 bits per heavy atom. The average molecular weight is 356 g/mol. The van der Waals surface area contributed by atoms with Crippen LogP contribution >= 0.6 is 11.6 Å². The first-order chi connectivity index (χ1) is 12.0. The number of carbonyl (C=O) groups excluding carboxylic acids is 1. The smallest absolute Gasteiger partial charge is 0.167 e. The minimum Gasteiger partial charge on any atom is -0.500 e. The van der Waals surface area contributed by atoms with Gasteiger partial charge in [0.25, 0.3) is 0 Å². The highest BCUT2D eigenvalue weighted by Crippen LogP contribution is 2.40. The lowest BCUT2D eigenvalue weighted by atomic mass is 9.93. The number of hydrogen-bond acceptors (Lipinski definition) is 4. The second-order valence-corrected chi connectivity index (χ2v) is 6.62. The molecule has 6 heteroatoms. The number of carbonyl (C=O) groups is 1. The highest BCUT2D eigenvalue weighted by atomic mass is 35.5. The summed E-state index contributed by atoms with van der Waals surface area (Å²) in [6.07, 6.45) is 3.92. The Hall–Kier alpha value is -2.58. The van der Waals surface area contributed by atoms with Crippen molar-refractivity contribution in [3.63, 3.8) is 0 Å². The highest BCUT2D eigenvalue weighted by Gasteiger charge is 2.35. The normalized spacial score (nSPS) is 17.1. The molecule has 3 rings (SSSR count). The number of aryl methyl sites for hydroxylation is 2.